The second-order valence-electron chi connectivity index (χ2n) is 4.63. The molecule has 2 aromatic rings. The van der Waals surface area contributed by atoms with Gasteiger partial charge in [-0.15, -0.1) is 0 Å². The number of aliphatic hydroxyl groups excluding tert-OH is 1. The standard InChI is InChI=1S/C16H9Cl2F3O2/c17-12-5-11(6-13(18)7-12)9-1-3-10(4-2-9)14(22)8-15(23)16(19,20)21/h1-8,22H. The van der Waals surface area contributed by atoms with Crippen molar-refractivity contribution in [1.82, 2.24) is 0 Å². The first-order valence-electron chi connectivity index (χ1n) is 6.25. The number of carbonyl (C=O) groups excluding carboxylic acids is 1. The van der Waals surface area contributed by atoms with Crippen molar-refractivity contribution in [3.05, 3.63) is 64.1 Å². The van der Waals surface area contributed by atoms with Crippen LogP contribution in [0.4, 0.5) is 13.2 Å². The number of halogens is 5. The third-order valence-electron chi connectivity index (χ3n) is 2.92. The van der Waals surface area contributed by atoms with Crippen molar-refractivity contribution in [1.29, 1.82) is 0 Å². The van der Waals surface area contributed by atoms with E-state index < -0.39 is 17.7 Å². The van der Waals surface area contributed by atoms with E-state index in [1.165, 1.54) is 12.1 Å². The summed E-state index contributed by atoms with van der Waals surface area (Å²) in [7, 11) is 0. The van der Waals surface area contributed by atoms with Gasteiger partial charge in [-0.2, -0.15) is 13.2 Å². The molecule has 23 heavy (non-hydrogen) atoms. The molecule has 0 radical (unpaired) electrons. The number of allylic oxidation sites excluding steroid dienone is 1. The Bertz CT molecular complexity index is 746. The third kappa shape index (κ3) is 4.50. The third-order valence-corrected chi connectivity index (χ3v) is 3.36. The molecule has 0 bridgehead atoms. The van der Waals surface area contributed by atoms with Crippen LogP contribution in [0.15, 0.2) is 48.5 Å². The summed E-state index contributed by atoms with van der Waals surface area (Å²) in [6.07, 6.45) is -4.88. The number of hydrogen-bond donors (Lipinski definition) is 1. The molecule has 0 aromatic heterocycles. The van der Waals surface area contributed by atoms with Gasteiger partial charge in [-0.05, 0) is 29.3 Å². The molecule has 120 valence electrons. The van der Waals surface area contributed by atoms with Crippen LogP contribution >= 0.6 is 23.2 Å². The summed E-state index contributed by atoms with van der Waals surface area (Å²) in [5.41, 5.74) is 1.50. The predicted octanol–water partition coefficient (Wildman–Crippen LogP) is 5.69. The SMILES string of the molecule is O=C(C=C(O)c1ccc(-c2cc(Cl)cc(Cl)c2)cc1)C(F)(F)F. The lowest BCUT2D eigenvalue weighted by Crippen LogP contribution is -2.20. The van der Waals surface area contributed by atoms with E-state index in [0.717, 1.165) is 0 Å². The van der Waals surface area contributed by atoms with Gasteiger partial charge in [-0.1, -0.05) is 47.5 Å². The van der Waals surface area contributed by atoms with E-state index in [4.69, 9.17) is 23.2 Å². The van der Waals surface area contributed by atoms with Crippen molar-refractivity contribution < 1.29 is 23.1 Å². The van der Waals surface area contributed by atoms with Gasteiger partial charge in [0.25, 0.3) is 5.78 Å². The minimum absolute atomic E-state index is 0.0828. The molecule has 0 amide bonds. The number of benzene rings is 2. The zero-order chi connectivity index (χ0) is 17.2. The maximum absolute atomic E-state index is 12.2. The van der Waals surface area contributed by atoms with Crippen LogP contribution in [0.25, 0.3) is 16.9 Å². The number of rotatable bonds is 3. The topological polar surface area (TPSA) is 37.3 Å². The highest BCUT2D eigenvalue weighted by atomic mass is 35.5. The Labute approximate surface area is 139 Å². The fourth-order valence-electron chi connectivity index (χ4n) is 1.84. The van der Waals surface area contributed by atoms with E-state index in [1.807, 2.05) is 0 Å². The summed E-state index contributed by atoms with van der Waals surface area (Å²) in [6, 6.07) is 10.8. The zero-order valence-corrected chi connectivity index (χ0v) is 12.9. The monoisotopic (exact) mass is 360 g/mol. The maximum atomic E-state index is 12.2. The van der Waals surface area contributed by atoms with Crippen LogP contribution in [0, 0.1) is 0 Å². The number of hydrogen-bond acceptors (Lipinski definition) is 2. The van der Waals surface area contributed by atoms with Gasteiger partial charge < -0.3 is 5.11 Å². The zero-order valence-electron chi connectivity index (χ0n) is 11.4. The van der Waals surface area contributed by atoms with Crippen LogP contribution in [0.1, 0.15) is 5.56 Å². The minimum atomic E-state index is -5.02. The lowest BCUT2D eigenvalue weighted by Gasteiger charge is -2.06. The van der Waals surface area contributed by atoms with Gasteiger partial charge in [-0.25, -0.2) is 0 Å². The van der Waals surface area contributed by atoms with Gasteiger partial charge in [0.05, 0.1) is 0 Å². The molecule has 0 saturated heterocycles. The second-order valence-corrected chi connectivity index (χ2v) is 5.50. The summed E-state index contributed by atoms with van der Waals surface area (Å²) in [5, 5.41) is 10.5. The molecule has 1 N–H and O–H groups in total. The summed E-state index contributed by atoms with van der Waals surface area (Å²) in [5.74, 6) is -2.89. The lowest BCUT2D eigenvalue weighted by molar-refractivity contribution is -0.165. The van der Waals surface area contributed by atoms with Crippen LogP contribution in [0.2, 0.25) is 10.0 Å². The van der Waals surface area contributed by atoms with Crippen molar-refractivity contribution in [2.75, 3.05) is 0 Å². The van der Waals surface area contributed by atoms with Crippen molar-refractivity contribution in [3.8, 4) is 11.1 Å². The molecule has 0 aliphatic rings. The molecular formula is C16H9Cl2F3O2. The fourth-order valence-corrected chi connectivity index (χ4v) is 2.37. The maximum Gasteiger partial charge on any atom is 0.454 e. The van der Waals surface area contributed by atoms with Gasteiger partial charge in [0.1, 0.15) is 5.76 Å². The van der Waals surface area contributed by atoms with E-state index in [-0.39, 0.29) is 11.6 Å². The summed E-state index contributed by atoms with van der Waals surface area (Å²) in [6.45, 7) is 0. The van der Waals surface area contributed by atoms with Gasteiger partial charge in [0.15, 0.2) is 0 Å². The molecule has 0 aliphatic heterocycles. The van der Waals surface area contributed by atoms with E-state index in [9.17, 15) is 23.1 Å². The Morgan fingerprint density at radius 3 is 1.96 bits per heavy atom. The van der Waals surface area contributed by atoms with Crippen molar-refractivity contribution in [3.63, 3.8) is 0 Å². The first-order chi connectivity index (χ1) is 10.7. The molecule has 0 spiro atoms. The number of ketones is 1. The highest BCUT2D eigenvalue weighted by Crippen LogP contribution is 2.28. The largest absolute Gasteiger partial charge is 0.507 e. The first kappa shape index (κ1) is 17.4. The quantitative estimate of drug-likeness (QED) is 0.563. The Morgan fingerprint density at radius 2 is 1.48 bits per heavy atom. The molecule has 2 aromatic carbocycles. The molecule has 0 heterocycles. The summed E-state index contributed by atoms with van der Waals surface area (Å²) >= 11 is 11.8. The highest BCUT2D eigenvalue weighted by Gasteiger charge is 2.36. The Kier molecular flexibility index (Phi) is 5.02. The fraction of sp³-hybridized carbons (Fsp3) is 0.0625. The van der Waals surface area contributed by atoms with Crippen LogP contribution in [-0.2, 0) is 4.79 Å². The average molecular weight is 361 g/mol. The smallest absolute Gasteiger partial charge is 0.454 e. The molecular weight excluding hydrogens is 352 g/mol. The van der Waals surface area contributed by atoms with Gasteiger partial charge in [0.2, 0.25) is 0 Å². The van der Waals surface area contributed by atoms with Crippen molar-refractivity contribution in [2.45, 2.75) is 6.18 Å². The average Bonchev–Trinajstić information content (AvgIpc) is 2.45. The Balaban J connectivity index is 2.29. The lowest BCUT2D eigenvalue weighted by atomic mass is 10.0. The minimum Gasteiger partial charge on any atom is -0.507 e. The van der Waals surface area contributed by atoms with Crippen LogP contribution < -0.4 is 0 Å². The summed E-state index contributed by atoms with van der Waals surface area (Å²) < 4.78 is 36.5. The Morgan fingerprint density at radius 1 is 0.957 bits per heavy atom. The number of alkyl halides is 3. The van der Waals surface area contributed by atoms with E-state index >= 15 is 0 Å². The van der Waals surface area contributed by atoms with Crippen molar-refractivity contribution >= 4 is 34.7 Å². The van der Waals surface area contributed by atoms with Crippen LogP contribution in [-0.4, -0.2) is 17.1 Å². The molecule has 7 heteroatoms. The molecule has 0 fully saturated rings. The van der Waals surface area contributed by atoms with E-state index in [2.05, 4.69) is 0 Å². The van der Waals surface area contributed by atoms with Gasteiger partial charge in [-0.3, -0.25) is 4.79 Å². The first-order valence-corrected chi connectivity index (χ1v) is 7.01. The molecule has 0 unspecified atom stereocenters. The van der Waals surface area contributed by atoms with Gasteiger partial charge in [0, 0.05) is 21.7 Å². The van der Waals surface area contributed by atoms with Crippen LogP contribution in [0.5, 0.6) is 0 Å². The van der Waals surface area contributed by atoms with Crippen molar-refractivity contribution in [2.24, 2.45) is 0 Å². The molecule has 0 saturated carbocycles. The number of aliphatic hydroxyl groups is 1. The molecule has 0 aliphatic carbocycles. The normalized spacial score (nSPS) is 12.3. The molecule has 2 rings (SSSR count). The Hall–Kier alpha value is -1.98. The predicted molar refractivity (Wildman–Crippen MR) is 83.6 cm³/mol. The van der Waals surface area contributed by atoms with Gasteiger partial charge >= 0.3 is 6.18 Å². The van der Waals surface area contributed by atoms with E-state index in [1.54, 1.807) is 30.3 Å². The highest BCUT2D eigenvalue weighted by molar-refractivity contribution is 6.35. The summed E-state index contributed by atoms with van der Waals surface area (Å²) in [4.78, 5) is 10.8. The number of carbonyl (C=O) groups is 1. The molecule has 0 atom stereocenters. The second kappa shape index (κ2) is 6.64. The van der Waals surface area contributed by atoms with E-state index in [0.29, 0.717) is 21.2 Å². The van der Waals surface area contributed by atoms with Crippen LogP contribution in [0.3, 0.4) is 0 Å². The molecule has 2 nitrogen and oxygen atoms in total.